The Morgan fingerprint density at radius 3 is 2.21 bits per heavy atom. The highest BCUT2D eigenvalue weighted by molar-refractivity contribution is 7.15. The number of nitrogens with one attached hydrogen (secondary N) is 2. The third-order valence-corrected chi connectivity index (χ3v) is 8.76. The fourth-order valence-corrected chi connectivity index (χ4v) is 6.51. The molecule has 5 aromatic rings. The molecule has 9 heteroatoms. The number of rotatable bonds is 11. The van der Waals surface area contributed by atoms with E-state index >= 15 is 0 Å². The molecule has 43 heavy (non-hydrogen) atoms. The Hall–Kier alpha value is -4.60. The van der Waals surface area contributed by atoms with Crippen molar-refractivity contribution >= 4 is 17.4 Å². The number of ether oxygens (including phenoxy) is 3. The van der Waals surface area contributed by atoms with E-state index in [-0.39, 0.29) is 12.1 Å². The second kappa shape index (κ2) is 12.7. The van der Waals surface area contributed by atoms with Gasteiger partial charge in [-0.25, -0.2) is 4.79 Å². The Labute approximate surface area is 255 Å². The molecule has 0 saturated heterocycles. The van der Waals surface area contributed by atoms with Gasteiger partial charge in [0.2, 0.25) is 0 Å². The minimum atomic E-state index is -0.213. The fraction of sp³-hybridized carbons (Fsp3) is 0.235. The monoisotopic (exact) mass is 594 g/mol. The van der Waals surface area contributed by atoms with Crippen LogP contribution in [0.25, 0.3) is 21.8 Å². The summed E-state index contributed by atoms with van der Waals surface area (Å²) in [6.07, 6.45) is 0.812. The molecule has 8 nitrogen and oxygen atoms in total. The Bertz CT molecular complexity index is 1660. The molecule has 0 saturated carbocycles. The SMILES string of the molecule is COCCNC(=O)NCc1ccc(-c2nn(C(c3ccc(OC)cc3)c3ccc(OC)cc3)c3c2Cc2ccccc2-3)s1. The maximum absolute atomic E-state index is 12.2. The van der Waals surface area contributed by atoms with Crippen LogP contribution < -0.4 is 20.1 Å². The number of benzene rings is 3. The number of carbonyl (C=O) groups is 1. The topological polar surface area (TPSA) is 86.6 Å². The molecule has 1 aliphatic rings. The highest BCUT2D eigenvalue weighted by Crippen LogP contribution is 2.46. The first-order chi connectivity index (χ1) is 21.1. The summed E-state index contributed by atoms with van der Waals surface area (Å²) in [5.74, 6) is 1.61. The number of carbonyl (C=O) groups excluding carboxylic acids is 1. The number of urea groups is 1. The van der Waals surface area contributed by atoms with E-state index in [9.17, 15) is 4.79 Å². The average molecular weight is 595 g/mol. The Balaban J connectivity index is 1.41. The van der Waals surface area contributed by atoms with Crippen LogP contribution in [-0.2, 0) is 17.7 Å². The highest BCUT2D eigenvalue weighted by Gasteiger charge is 2.32. The van der Waals surface area contributed by atoms with Crippen molar-refractivity contribution in [3.63, 3.8) is 0 Å². The van der Waals surface area contributed by atoms with Crippen molar-refractivity contribution in [2.24, 2.45) is 0 Å². The van der Waals surface area contributed by atoms with E-state index in [0.29, 0.717) is 19.7 Å². The zero-order valence-corrected chi connectivity index (χ0v) is 25.2. The molecule has 1 aliphatic carbocycles. The van der Waals surface area contributed by atoms with Gasteiger partial charge >= 0.3 is 6.03 Å². The summed E-state index contributed by atoms with van der Waals surface area (Å²) in [6, 6.07) is 28.8. The van der Waals surface area contributed by atoms with Crippen LogP contribution in [0, 0.1) is 0 Å². The van der Waals surface area contributed by atoms with Crippen molar-refractivity contribution in [1.29, 1.82) is 0 Å². The molecule has 2 aromatic heterocycles. The van der Waals surface area contributed by atoms with Crippen molar-refractivity contribution in [1.82, 2.24) is 20.4 Å². The molecule has 3 aromatic carbocycles. The van der Waals surface area contributed by atoms with Gasteiger partial charge in [-0.15, -0.1) is 11.3 Å². The molecule has 0 fully saturated rings. The number of fused-ring (bicyclic) bond motifs is 3. The number of methoxy groups -OCH3 is 3. The van der Waals surface area contributed by atoms with Crippen LogP contribution in [0.2, 0.25) is 0 Å². The van der Waals surface area contributed by atoms with Gasteiger partial charge in [-0.1, -0.05) is 48.5 Å². The lowest BCUT2D eigenvalue weighted by molar-refractivity contribution is 0.196. The van der Waals surface area contributed by atoms with Crippen LogP contribution in [0.3, 0.4) is 0 Å². The zero-order valence-electron chi connectivity index (χ0n) is 24.4. The molecule has 2 heterocycles. The summed E-state index contributed by atoms with van der Waals surface area (Å²) in [5, 5.41) is 11.1. The van der Waals surface area contributed by atoms with Crippen LogP contribution in [0.4, 0.5) is 4.79 Å². The van der Waals surface area contributed by atoms with Crippen LogP contribution >= 0.6 is 11.3 Å². The molecule has 0 atom stereocenters. The molecule has 0 unspecified atom stereocenters. The fourth-order valence-electron chi connectivity index (χ4n) is 5.55. The lowest BCUT2D eigenvalue weighted by Crippen LogP contribution is -2.36. The number of nitrogens with zero attached hydrogens (tertiary/aromatic N) is 2. The number of aromatic nitrogens is 2. The average Bonchev–Trinajstić information content (AvgIpc) is 3.76. The Morgan fingerprint density at radius 1 is 0.884 bits per heavy atom. The smallest absolute Gasteiger partial charge is 0.315 e. The maximum Gasteiger partial charge on any atom is 0.315 e. The van der Waals surface area contributed by atoms with Crippen molar-refractivity contribution < 1.29 is 19.0 Å². The van der Waals surface area contributed by atoms with E-state index < -0.39 is 0 Å². The first-order valence-corrected chi connectivity index (χ1v) is 15.0. The minimum Gasteiger partial charge on any atom is -0.497 e. The standard InChI is InChI=1S/C34H34N4O4S/c1-40-19-18-35-34(39)36-21-27-16-17-30(43-27)31-29-20-24-6-4-5-7-28(24)33(29)38(37-31)32(22-8-12-25(41-2)13-9-22)23-10-14-26(42-3)15-11-23/h4-17,32H,18-21H2,1-3H3,(H2,35,36,39). The number of hydrogen-bond donors (Lipinski definition) is 2. The van der Waals surface area contributed by atoms with Gasteiger partial charge in [-0.3, -0.25) is 4.68 Å². The second-order valence-corrected chi connectivity index (χ2v) is 11.4. The first-order valence-electron chi connectivity index (χ1n) is 14.2. The third-order valence-electron chi connectivity index (χ3n) is 7.67. The minimum absolute atomic E-state index is 0.178. The van der Waals surface area contributed by atoms with E-state index in [0.717, 1.165) is 50.2 Å². The molecule has 0 aliphatic heterocycles. The highest BCUT2D eigenvalue weighted by atomic mass is 32.1. The largest absolute Gasteiger partial charge is 0.497 e. The third kappa shape index (κ3) is 5.86. The second-order valence-electron chi connectivity index (χ2n) is 10.3. The molecular weight excluding hydrogens is 560 g/mol. The van der Waals surface area contributed by atoms with Crippen LogP contribution in [0.15, 0.2) is 84.9 Å². The van der Waals surface area contributed by atoms with Gasteiger partial charge in [-0.2, -0.15) is 5.10 Å². The van der Waals surface area contributed by atoms with Gasteiger partial charge in [0, 0.05) is 36.1 Å². The number of thiophene rings is 1. The van der Waals surface area contributed by atoms with Crippen LogP contribution in [0.1, 0.15) is 33.2 Å². The molecule has 0 bridgehead atoms. The predicted octanol–water partition coefficient (Wildman–Crippen LogP) is 6.28. The molecule has 220 valence electrons. The summed E-state index contributed by atoms with van der Waals surface area (Å²) >= 11 is 1.65. The van der Waals surface area contributed by atoms with E-state index in [2.05, 4.69) is 76.0 Å². The van der Waals surface area contributed by atoms with Crippen LogP contribution in [-0.4, -0.2) is 50.3 Å². The molecule has 2 amide bonds. The lowest BCUT2D eigenvalue weighted by Gasteiger charge is -2.22. The Kier molecular flexibility index (Phi) is 8.44. The zero-order chi connectivity index (χ0) is 29.8. The summed E-state index contributed by atoms with van der Waals surface area (Å²) < 4.78 is 18.1. The summed E-state index contributed by atoms with van der Waals surface area (Å²) in [6.45, 7) is 1.37. The number of amides is 2. The molecule has 0 spiro atoms. The maximum atomic E-state index is 12.2. The van der Waals surface area contributed by atoms with Crippen molar-refractivity contribution in [3.05, 3.63) is 112 Å². The van der Waals surface area contributed by atoms with Gasteiger partial charge in [0.25, 0.3) is 0 Å². The lowest BCUT2D eigenvalue weighted by atomic mass is 9.97. The van der Waals surface area contributed by atoms with Crippen molar-refractivity contribution in [2.75, 3.05) is 34.5 Å². The van der Waals surface area contributed by atoms with Gasteiger partial charge in [-0.05, 0) is 53.1 Å². The first kappa shape index (κ1) is 28.5. The summed E-state index contributed by atoms with van der Waals surface area (Å²) in [4.78, 5) is 14.3. The Morgan fingerprint density at radius 2 is 1.56 bits per heavy atom. The normalized spacial score (nSPS) is 11.7. The van der Waals surface area contributed by atoms with Gasteiger partial charge in [0.15, 0.2) is 0 Å². The van der Waals surface area contributed by atoms with Gasteiger partial charge in [0.05, 0.1) is 37.9 Å². The summed E-state index contributed by atoms with van der Waals surface area (Å²) in [5.41, 5.74) is 8.01. The van der Waals surface area contributed by atoms with E-state index in [1.54, 1.807) is 32.7 Å². The van der Waals surface area contributed by atoms with Crippen molar-refractivity contribution in [3.8, 4) is 33.3 Å². The summed E-state index contributed by atoms with van der Waals surface area (Å²) in [7, 11) is 4.97. The quantitative estimate of drug-likeness (QED) is 0.172. The van der Waals surface area contributed by atoms with Gasteiger partial charge in [0.1, 0.15) is 23.2 Å². The molecular formula is C34H34N4O4S. The molecule has 6 rings (SSSR count). The van der Waals surface area contributed by atoms with E-state index in [1.807, 2.05) is 24.3 Å². The van der Waals surface area contributed by atoms with E-state index in [4.69, 9.17) is 19.3 Å². The van der Waals surface area contributed by atoms with E-state index in [1.165, 1.54) is 16.7 Å². The van der Waals surface area contributed by atoms with Crippen molar-refractivity contribution in [2.45, 2.75) is 19.0 Å². The predicted molar refractivity (Wildman–Crippen MR) is 169 cm³/mol. The van der Waals surface area contributed by atoms with Crippen LogP contribution in [0.5, 0.6) is 11.5 Å². The van der Waals surface area contributed by atoms with Gasteiger partial charge < -0.3 is 24.8 Å². The number of hydrogen-bond acceptors (Lipinski definition) is 6. The molecule has 2 N–H and O–H groups in total. The molecule has 0 radical (unpaired) electrons.